The van der Waals surface area contributed by atoms with Gasteiger partial charge in [0.15, 0.2) is 9.84 Å². The number of nitrogens with zero attached hydrogens (tertiary/aromatic N) is 1. The summed E-state index contributed by atoms with van der Waals surface area (Å²) in [6.45, 7) is 0.148. The molecule has 0 spiro atoms. The van der Waals surface area contributed by atoms with Gasteiger partial charge in [0.25, 0.3) is 0 Å². The molecule has 0 saturated carbocycles. The number of nitro groups is 1. The third-order valence-electron chi connectivity index (χ3n) is 3.33. The van der Waals surface area contributed by atoms with E-state index in [0.717, 1.165) is 6.26 Å². The third-order valence-corrected chi connectivity index (χ3v) is 4.82. The smallest absolute Gasteiger partial charge is 0.310 e. The fourth-order valence-corrected chi connectivity index (χ4v) is 3.36. The molecule has 0 aliphatic carbocycles. The summed E-state index contributed by atoms with van der Waals surface area (Å²) in [6.07, 6.45) is 1.09. The van der Waals surface area contributed by atoms with Gasteiger partial charge >= 0.3 is 5.69 Å². The Kier molecular flexibility index (Phi) is 5.40. The zero-order chi connectivity index (χ0) is 17.9. The standard InChI is InChI=1S/C15H14ClFN2O4S/c1-24(22,23)14-7-3-6-13(15(14)19(20)21)18-9-8-10-11(16)4-2-5-12(10)17/h2-7,18H,8-9H2,1H3. The van der Waals surface area contributed by atoms with Crippen LogP contribution >= 0.6 is 11.6 Å². The number of nitro benzene ring substituents is 1. The summed E-state index contributed by atoms with van der Waals surface area (Å²) in [7, 11) is -3.75. The van der Waals surface area contributed by atoms with E-state index >= 15 is 0 Å². The normalized spacial score (nSPS) is 11.3. The van der Waals surface area contributed by atoms with Crippen molar-refractivity contribution < 1.29 is 17.7 Å². The number of benzene rings is 2. The van der Waals surface area contributed by atoms with E-state index in [1.54, 1.807) is 6.07 Å². The van der Waals surface area contributed by atoms with Crippen LogP contribution in [-0.4, -0.2) is 26.1 Å². The molecule has 0 bridgehead atoms. The zero-order valence-electron chi connectivity index (χ0n) is 12.6. The molecule has 0 radical (unpaired) electrons. The summed E-state index contributed by atoms with van der Waals surface area (Å²) in [5.41, 5.74) is -0.191. The van der Waals surface area contributed by atoms with Crippen molar-refractivity contribution in [1.82, 2.24) is 0 Å². The average Bonchev–Trinajstić information content (AvgIpc) is 2.49. The zero-order valence-corrected chi connectivity index (χ0v) is 14.2. The Morgan fingerprint density at radius 2 is 1.92 bits per heavy atom. The molecule has 9 heteroatoms. The number of hydrogen-bond donors (Lipinski definition) is 1. The molecular weight excluding hydrogens is 359 g/mol. The Balaban J connectivity index is 2.26. The molecule has 0 aromatic heterocycles. The van der Waals surface area contributed by atoms with E-state index in [9.17, 15) is 22.9 Å². The summed E-state index contributed by atoms with van der Waals surface area (Å²) >= 11 is 5.92. The maximum absolute atomic E-state index is 13.7. The van der Waals surface area contributed by atoms with Gasteiger partial charge in [0.05, 0.1) is 4.92 Å². The van der Waals surface area contributed by atoms with Gasteiger partial charge in [-0.3, -0.25) is 10.1 Å². The first-order valence-corrected chi connectivity index (χ1v) is 9.13. The van der Waals surface area contributed by atoms with Crippen LogP contribution in [0.5, 0.6) is 0 Å². The third kappa shape index (κ3) is 4.01. The Morgan fingerprint density at radius 3 is 2.50 bits per heavy atom. The lowest BCUT2D eigenvalue weighted by Gasteiger charge is -2.10. The first-order chi connectivity index (χ1) is 11.2. The summed E-state index contributed by atoms with van der Waals surface area (Å²) in [6, 6.07) is 8.28. The highest BCUT2D eigenvalue weighted by molar-refractivity contribution is 7.90. The molecular formula is C15H14ClFN2O4S. The molecule has 0 aliphatic rings. The number of nitrogens with one attached hydrogen (secondary N) is 1. The number of anilines is 1. The molecule has 0 atom stereocenters. The second-order valence-corrected chi connectivity index (χ2v) is 7.45. The minimum Gasteiger partial charge on any atom is -0.379 e. The maximum Gasteiger partial charge on any atom is 0.310 e. The molecule has 0 fully saturated rings. The van der Waals surface area contributed by atoms with E-state index in [4.69, 9.17) is 11.6 Å². The summed E-state index contributed by atoms with van der Waals surface area (Å²) in [5.74, 6) is -0.469. The molecule has 6 nitrogen and oxygen atoms in total. The van der Waals surface area contributed by atoms with Gasteiger partial charge in [-0.05, 0) is 30.7 Å². The topological polar surface area (TPSA) is 89.3 Å². The van der Waals surface area contributed by atoms with Crippen molar-refractivity contribution in [3.63, 3.8) is 0 Å². The van der Waals surface area contributed by atoms with Crippen LogP contribution in [0.4, 0.5) is 15.8 Å². The molecule has 2 aromatic carbocycles. The van der Waals surface area contributed by atoms with Crippen LogP contribution in [0.15, 0.2) is 41.3 Å². The van der Waals surface area contributed by atoms with Gasteiger partial charge in [-0.15, -0.1) is 0 Å². The molecule has 1 N–H and O–H groups in total. The van der Waals surface area contributed by atoms with E-state index in [1.807, 2.05) is 0 Å². The van der Waals surface area contributed by atoms with Gasteiger partial charge in [0.1, 0.15) is 16.4 Å². The molecule has 24 heavy (non-hydrogen) atoms. The fourth-order valence-electron chi connectivity index (χ4n) is 2.25. The highest BCUT2D eigenvalue weighted by atomic mass is 35.5. The average molecular weight is 373 g/mol. The molecule has 0 amide bonds. The number of rotatable bonds is 6. The predicted octanol–water partition coefficient (Wildman–Crippen LogP) is 3.45. The lowest BCUT2D eigenvalue weighted by atomic mass is 10.1. The van der Waals surface area contributed by atoms with Crippen molar-refractivity contribution in [3.05, 3.63) is 62.9 Å². The van der Waals surface area contributed by atoms with Crippen LogP contribution in [0.1, 0.15) is 5.56 Å². The quantitative estimate of drug-likeness (QED) is 0.619. The van der Waals surface area contributed by atoms with Crippen LogP contribution in [0.2, 0.25) is 5.02 Å². The van der Waals surface area contributed by atoms with Crippen molar-refractivity contribution in [2.45, 2.75) is 11.3 Å². The molecule has 0 unspecified atom stereocenters. The lowest BCUT2D eigenvalue weighted by Crippen LogP contribution is -2.10. The van der Waals surface area contributed by atoms with Crippen LogP contribution in [0.25, 0.3) is 0 Å². The second-order valence-electron chi connectivity index (χ2n) is 5.06. The SMILES string of the molecule is CS(=O)(=O)c1cccc(NCCc2c(F)cccc2Cl)c1[N+](=O)[O-]. The van der Waals surface area contributed by atoms with Gasteiger partial charge in [-0.1, -0.05) is 23.7 Å². The predicted molar refractivity (Wildman–Crippen MR) is 89.8 cm³/mol. The van der Waals surface area contributed by atoms with E-state index in [-0.39, 0.29) is 34.1 Å². The van der Waals surface area contributed by atoms with Crippen LogP contribution in [-0.2, 0) is 16.3 Å². The molecule has 2 rings (SSSR count). The van der Waals surface area contributed by atoms with E-state index in [2.05, 4.69) is 5.32 Å². The van der Waals surface area contributed by atoms with Crippen LogP contribution in [0, 0.1) is 15.9 Å². The van der Waals surface area contributed by atoms with Gasteiger partial charge in [-0.2, -0.15) is 0 Å². The van der Waals surface area contributed by atoms with Gasteiger partial charge in [0, 0.05) is 23.4 Å². The number of para-hydroxylation sites is 1. The Morgan fingerprint density at radius 1 is 1.25 bits per heavy atom. The van der Waals surface area contributed by atoms with Crippen LogP contribution in [0.3, 0.4) is 0 Å². The van der Waals surface area contributed by atoms with Crippen molar-refractivity contribution in [3.8, 4) is 0 Å². The number of hydrogen-bond acceptors (Lipinski definition) is 5. The molecule has 0 heterocycles. The molecule has 2 aromatic rings. The second kappa shape index (κ2) is 7.14. The summed E-state index contributed by atoms with van der Waals surface area (Å²) in [5, 5.41) is 14.3. The number of sulfone groups is 1. The van der Waals surface area contributed by atoms with Gasteiger partial charge in [-0.25, -0.2) is 12.8 Å². The minimum absolute atomic E-state index is 0.0513. The molecule has 0 aliphatic heterocycles. The highest BCUT2D eigenvalue weighted by Gasteiger charge is 2.25. The Labute approximate surface area is 143 Å². The maximum atomic E-state index is 13.7. The van der Waals surface area contributed by atoms with Gasteiger partial charge < -0.3 is 5.32 Å². The van der Waals surface area contributed by atoms with E-state index < -0.39 is 26.3 Å². The van der Waals surface area contributed by atoms with Crippen molar-refractivity contribution in [2.75, 3.05) is 18.1 Å². The fraction of sp³-hybridized carbons (Fsp3) is 0.200. The summed E-state index contributed by atoms with van der Waals surface area (Å²) in [4.78, 5) is 10.1. The summed E-state index contributed by atoms with van der Waals surface area (Å²) < 4.78 is 37.1. The van der Waals surface area contributed by atoms with Crippen molar-refractivity contribution >= 4 is 32.8 Å². The molecule has 0 saturated heterocycles. The first kappa shape index (κ1) is 18.2. The minimum atomic E-state index is -3.75. The Bertz CT molecular complexity index is 867. The molecule has 128 valence electrons. The monoisotopic (exact) mass is 372 g/mol. The highest BCUT2D eigenvalue weighted by Crippen LogP contribution is 2.32. The van der Waals surface area contributed by atoms with E-state index in [1.165, 1.54) is 30.3 Å². The largest absolute Gasteiger partial charge is 0.379 e. The van der Waals surface area contributed by atoms with E-state index in [0.29, 0.717) is 0 Å². The lowest BCUT2D eigenvalue weighted by molar-refractivity contribution is -0.386. The number of halogens is 2. The van der Waals surface area contributed by atoms with Crippen LogP contribution < -0.4 is 5.32 Å². The first-order valence-electron chi connectivity index (χ1n) is 6.86. The van der Waals surface area contributed by atoms with Gasteiger partial charge in [0.2, 0.25) is 0 Å². The van der Waals surface area contributed by atoms with Crippen molar-refractivity contribution in [2.24, 2.45) is 0 Å². The Hall–Kier alpha value is -2.19. The van der Waals surface area contributed by atoms with Crippen molar-refractivity contribution in [1.29, 1.82) is 0 Å².